The predicted octanol–water partition coefficient (Wildman–Crippen LogP) is 2.58. The Bertz CT molecular complexity index is 1050. The van der Waals surface area contributed by atoms with Crippen LogP contribution >= 0.6 is 11.8 Å². The second-order valence-electron chi connectivity index (χ2n) is 7.27. The monoisotopic (exact) mass is 438 g/mol. The van der Waals surface area contributed by atoms with Gasteiger partial charge in [0.05, 0.1) is 17.7 Å². The van der Waals surface area contributed by atoms with Crippen LogP contribution in [0.4, 0.5) is 10.2 Å². The van der Waals surface area contributed by atoms with Gasteiger partial charge in [0.15, 0.2) is 0 Å². The summed E-state index contributed by atoms with van der Waals surface area (Å²) in [7, 11) is 0. The van der Waals surface area contributed by atoms with E-state index in [0.717, 1.165) is 11.8 Å². The normalized spacial score (nSPS) is 19.3. The topological polar surface area (TPSA) is 133 Å². The van der Waals surface area contributed by atoms with Gasteiger partial charge in [-0.2, -0.15) is 10.5 Å². The maximum Gasteiger partial charge on any atom is 0.235 e. The first kappa shape index (κ1) is 22.5. The number of alkyl halides is 1. The van der Waals surface area contributed by atoms with Crippen LogP contribution in [0, 0.1) is 22.7 Å². The van der Waals surface area contributed by atoms with Crippen molar-refractivity contribution in [1.82, 2.24) is 4.98 Å². The molecule has 31 heavy (non-hydrogen) atoms. The molecule has 1 aliphatic heterocycles. The summed E-state index contributed by atoms with van der Waals surface area (Å²) < 4.78 is 14.3. The molecule has 1 fully saturated rings. The van der Waals surface area contributed by atoms with Crippen molar-refractivity contribution in [2.75, 3.05) is 18.0 Å². The molecule has 3 rings (SSSR count). The third-order valence-electron chi connectivity index (χ3n) is 5.31. The summed E-state index contributed by atoms with van der Waals surface area (Å²) in [6.07, 6.45) is -0.416. The van der Waals surface area contributed by atoms with Crippen LogP contribution in [-0.4, -0.2) is 36.2 Å². The van der Waals surface area contributed by atoms with Crippen LogP contribution in [0.15, 0.2) is 35.4 Å². The summed E-state index contributed by atoms with van der Waals surface area (Å²) in [5.41, 5.74) is 13.1. The minimum absolute atomic E-state index is 0.0138. The fraction of sp³-hybridized carbons (Fsp3) is 0.364. The Morgan fingerprint density at radius 3 is 2.55 bits per heavy atom. The fourth-order valence-electron chi connectivity index (χ4n) is 3.64. The maximum absolute atomic E-state index is 14.3. The highest BCUT2D eigenvalue weighted by Crippen LogP contribution is 2.39. The number of primary amides is 1. The third-order valence-corrected chi connectivity index (χ3v) is 6.57. The number of pyridine rings is 1. The SMILES string of the molecule is CCc1c(C#N)c(S[C@H](C(N)=O)c2ccccc2)nc(N2CC[C@@H](N)[C@@H](F)C2)c1C#N. The minimum atomic E-state index is -1.25. The van der Waals surface area contributed by atoms with Crippen molar-refractivity contribution in [3.63, 3.8) is 0 Å². The predicted molar refractivity (Wildman–Crippen MR) is 117 cm³/mol. The van der Waals surface area contributed by atoms with Crippen LogP contribution in [0.2, 0.25) is 0 Å². The highest BCUT2D eigenvalue weighted by atomic mass is 32.2. The van der Waals surface area contributed by atoms with Crippen molar-refractivity contribution < 1.29 is 9.18 Å². The van der Waals surface area contributed by atoms with E-state index in [1.165, 1.54) is 0 Å². The molecule has 9 heteroatoms. The number of nitriles is 2. The minimum Gasteiger partial charge on any atom is -0.368 e. The number of piperidine rings is 1. The van der Waals surface area contributed by atoms with Gasteiger partial charge in [0.2, 0.25) is 5.91 Å². The largest absolute Gasteiger partial charge is 0.368 e. The zero-order chi connectivity index (χ0) is 22.5. The van der Waals surface area contributed by atoms with Gasteiger partial charge in [-0.3, -0.25) is 4.79 Å². The van der Waals surface area contributed by atoms with E-state index in [2.05, 4.69) is 17.1 Å². The van der Waals surface area contributed by atoms with Crippen molar-refractivity contribution >= 4 is 23.5 Å². The molecule has 2 heterocycles. The maximum atomic E-state index is 14.3. The van der Waals surface area contributed by atoms with E-state index in [9.17, 15) is 19.7 Å². The summed E-state index contributed by atoms with van der Waals surface area (Å²) in [5.74, 6) is -0.259. The number of anilines is 1. The number of thioether (sulfide) groups is 1. The lowest BCUT2D eigenvalue weighted by Crippen LogP contribution is -2.49. The lowest BCUT2D eigenvalue weighted by Gasteiger charge is -2.34. The van der Waals surface area contributed by atoms with E-state index >= 15 is 0 Å². The number of hydrogen-bond donors (Lipinski definition) is 2. The van der Waals surface area contributed by atoms with E-state index in [1.807, 2.05) is 13.0 Å². The van der Waals surface area contributed by atoms with E-state index in [0.29, 0.717) is 41.4 Å². The van der Waals surface area contributed by atoms with Gasteiger partial charge in [-0.15, -0.1) is 0 Å². The molecule has 7 nitrogen and oxygen atoms in total. The van der Waals surface area contributed by atoms with Crippen LogP contribution in [0.25, 0.3) is 0 Å². The standard InChI is InChI=1S/C22H23FN6OS/c1-2-14-15(10-24)21(29-9-8-18(26)17(23)12-29)28-22(16(14)11-25)31-19(20(27)30)13-6-4-3-5-7-13/h3-7,17-19H,2,8-9,12,26H2,1H3,(H2,27,30)/t17-,18+,19-/m0/s1. The molecule has 1 saturated heterocycles. The first-order valence-electron chi connectivity index (χ1n) is 9.93. The molecule has 3 atom stereocenters. The second-order valence-corrected chi connectivity index (χ2v) is 8.37. The summed E-state index contributed by atoms with van der Waals surface area (Å²) in [6, 6.07) is 12.7. The van der Waals surface area contributed by atoms with Crippen LogP contribution in [0.3, 0.4) is 0 Å². The average Bonchev–Trinajstić information content (AvgIpc) is 2.78. The van der Waals surface area contributed by atoms with Gasteiger partial charge >= 0.3 is 0 Å². The molecule has 4 N–H and O–H groups in total. The van der Waals surface area contributed by atoms with Crippen molar-refractivity contribution in [1.29, 1.82) is 10.5 Å². The number of carbonyl (C=O) groups excluding carboxylic acids is 1. The molecule has 160 valence electrons. The molecule has 0 saturated carbocycles. The second kappa shape index (κ2) is 9.78. The molecule has 1 aromatic heterocycles. The van der Waals surface area contributed by atoms with Crippen LogP contribution in [0.5, 0.6) is 0 Å². The summed E-state index contributed by atoms with van der Waals surface area (Å²) >= 11 is 1.07. The number of rotatable bonds is 6. The summed E-state index contributed by atoms with van der Waals surface area (Å²) in [4.78, 5) is 18.5. The molecule has 0 bridgehead atoms. The Hall–Kier alpha value is -3.14. The highest BCUT2D eigenvalue weighted by molar-refractivity contribution is 8.00. The molecular weight excluding hydrogens is 415 g/mol. The number of halogens is 1. The Labute approximate surface area is 184 Å². The Morgan fingerprint density at radius 1 is 1.32 bits per heavy atom. The molecule has 1 aliphatic rings. The zero-order valence-corrected chi connectivity index (χ0v) is 17.9. The lowest BCUT2D eigenvalue weighted by atomic mass is 9.99. The Balaban J connectivity index is 2.12. The van der Waals surface area contributed by atoms with Gasteiger partial charge in [0.25, 0.3) is 0 Å². The van der Waals surface area contributed by atoms with Gasteiger partial charge in [0, 0.05) is 12.6 Å². The molecule has 1 amide bonds. The average molecular weight is 439 g/mol. The number of nitrogens with zero attached hydrogens (tertiary/aromatic N) is 4. The van der Waals surface area contributed by atoms with E-state index < -0.39 is 23.4 Å². The van der Waals surface area contributed by atoms with Crippen molar-refractivity contribution in [2.45, 2.75) is 42.3 Å². The first-order valence-corrected chi connectivity index (χ1v) is 10.8. The van der Waals surface area contributed by atoms with Crippen LogP contribution in [-0.2, 0) is 11.2 Å². The number of nitrogens with two attached hydrogens (primary N) is 2. The number of amides is 1. The number of carbonyl (C=O) groups is 1. The molecule has 0 unspecified atom stereocenters. The van der Waals surface area contributed by atoms with Gasteiger partial charge in [-0.25, -0.2) is 9.37 Å². The van der Waals surface area contributed by atoms with Gasteiger partial charge in [-0.1, -0.05) is 49.0 Å². The zero-order valence-electron chi connectivity index (χ0n) is 17.1. The van der Waals surface area contributed by atoms with Crippen LogP contribution < -0.4 is 16.4 Å². The van der Waals surface area contributed by atoms with E-state index in [4.69, 9.17) is 11.5 Å². The smallest absolute Gasteiger partial charge is 0.235 e. The van der Waals surface area contributed by atoms with Crippen molar-refractivity contribution in [2.24, 2.45) is 11.5 Å². The quantitative estimate of drug-likeness (QED) is 0.662. The lowest BCUT2D eigenvalue weighted by molar-refractivity contribution is -0.117. The Morgan fingerprint density at radius 2 is 2.00 bits per heavy atom. The van der Waals surface area contributed by atoms with Crippen molar-refractivity contribution in [3.8, 4) is 12.1 Å². The molecule has 0 radical (unpaired) electrons. The molecule has 2 aromatic rings. The van der Waals surface area contributed by atoms with E-state index in [-0.39, 0.29) is 17.7 Å². The first-order chi connectivity index (χ1) is 14.9. The fourth-order valence-corrected chi connectivity index (χ4v) is 4.70. The third kappa shape index (κ3) is 4.63. The number of benzene rings is 1. The van der Waals surface area contributed by atoms with Crippen molar-refractivity contribution in [3.05, 3.63) is 52.6 Å². The summed E-state index contributed by atoms with van der Waals surface area (Å²) in [6.45, 7) is 2.29. The number of aromatic nitrogens is 1. The highest BCUT2D eigenvalue weighted by Gasteiger charge is 2.31. The van der Waals surface area contributed by atoms with Gasteiger partial charge in [0.1, 0.15) is 34.4 Å². The van der Waals surface area contributed by atoms with Gasteiger partial charge < -0.3 is 16.4 Å². The van der Waals surface area contributed by atoms with E-state index in [1.54, 1.807) is 29.2 Å². The summed E-state index contributed by atoms with van der Waals surface area (Å²) in [5, 5.41) is 19.2. The van der Waals surface area contributed by atoms with Crippen LogP contribution in [0.1, 0.15) is 40.8 Å². The molecule has 1 aromatic carbocycles. The number of hydrogen-bond acceptors (Lipinski definition) is 7. The molecule has 0 spiro atoms. The van der Waals surface area contributed by atoms with Gasteiger partial charge in [-0.05, 0) is 24.0 Å². The molecule has 0 aliphatic carbocycles. The Kier molecular flexibility index (Phi) is 7.11. The molecular formula is C22H23FN6OS.